The molecule has 1 atom stereocenters. The van der Waals surface area contributed by atoms with Crippen LogP contribution in [0.4, 0.5) is 0 Å². The molecule has 1 aromatic heterocycles. The lowest BCUT2D eigenvalue weighted by Crippen LogP contribution is -1.96. The van der Waals surface area contributed by atoms with Gasteiger partial charge in [-0.25, -0.2) is 4.98 Å². The van der Waals surface area contributed by atoms with E-state index in [4.69, 9.17) is 0 Å². The number of nitrogens with one attached hydrogen (secondary N) is 1. The van der Waals surface area contributed by atoms with Crippen molar-refractivity contribution in [1.29, 1.82) is 0 Å². The molecule has 0 aliphatic carbocycles. The second kappa shape index (κ2) is 12.7. The molecule has 26 heavy (non-hydrogen) atoms. The topological polar surface area (TPSA) is 28.7 Å². The van der Waals surface area contributed by atoms with E-state index in [1.165, 1.54) is 81.8 Å². The van der Waals surface area contributed by atoms with Crippen molar-refractivity contribution in [2.24, 2.45) is 0 Å². The second-order valence-electron chi connectivity index (χ2n) is 7.80. The van der Waals surface area contributed by atoms with Gasteiger partial charge in [0, 0.05) is 18.8 Å². The van der Waals surface area contributed by atoms with Gasteiger partial charge in [-0.1, -0.05) is 83.1 Å². The SMILES string of the molecule is CCCCCCCCc1ccc(C(C)CCCCCc2ncc[nH]2)cc1. The van der Waals surface area contributed by atoms with Crippen LogP contribution in [0.3, 0.4) is 0 Å². The highest BCUT2D eigenvalue weighted by molar-refractivity contribution is 5.25. The monoisotopic (exact) mass is 354 g/mol. The van der Waals surface area contributed by atoms with E-state index in [1.807, 2.05) is 12.4 Å². The van der Waals surface area contributed by atoms with Crippen molar-refractivity contribution in [2.45, 2.75) is 96.8 Å². The van der Waals surface area contributed by atoms with E-state index in [-0.39, 0.29) is 0 Å². The van der Waals surface area contributed by atoms with Gasteiger partial charge in [-0.3, -0.25) is 0 Å². The lowest BCUT2D eigenvalue weighted by atomic mass is 9.93. The van der Waals surface area contributed by atoms with Crippen molar-refractivity contribution >= 4 is 0 Å². The van der Waals surface area contributed by atoms with Gasteiger partial charge in [0.2, 0.25) is 0 Å². The highest BCUT2D eigenvalue weighted by atomic mass is 14.9. The van der Waals surface area contributed by atoms with E-state index in [1.54, 1.807) is 0 Å². The first-order valence-electron chi connectivity index (χ1n) is 10.9. The first kappa shape index (κ1) is 20.7. The third kappa shape index (κ3) is 8.21. The van der Waals surface area contributed by atoms with Gasteiger partial charge in [0.25, 0.3) is 0 Å². The number of hydrogen-bond donors (Lipinski definition) is 1. The lowest BCUT2D eigenvalue weighted by molar-refractivity contribution is 0.580. The van der Waals surface area contributed by atoms with Crippen LogP contribution in [-0.2, 0) is 12.8 Å². The van der Waals surface area contributed by atoms with E-state index in [0.717, 1.165) is 12.2 Å². The Morgan fingerprint density at radius 3 is 2.27 bits per heavy atom. The van der Waals surface area contributed by atoms with Crippen LogP contribution in [0.1, 0.15) is 101 Å². The smallest absolute Gasteiger partial charge is 0.105 e. The fourth-order valence-electron chi connectivity index (χ4n) is 3.64. The van der Waals surface area contributed by atoms with Gasteiger partial charge in [-0.2, -0.15) is 0 Å². The number of rotatable bonds is 14. The van der Waals surface area contributed by atoms with Gasteiger partial charge in [-0.05, 0) is 42.7 Å². The molecule has 0 saturated carbocycles. The molecule has 1 aromatic carbocycles. The molecule has 0 aliphatic rings. The third-order valence-electron chi connectivity index (χ3n) is 5.47. The molecule has 1 N–H and O–H groups in total. The summed E-state index contributed by atoms with van der Waals surface area (Å²) < 4.78 is 0. The molecule has 1 heterocycles. The molecule has 2 rings (SSSR count). The van der Waals surface area contributed by atoms with Crippen LogP contribution in [0.2, 0.25) is 0 Å². The molecular formula is C24H38N2. The van der Waals surface area contributed by atoms with Gasteiger partial charge < -0.3 is 4.98 Å². The van der Waals surface area contributed by atoms with Gasteiger partial charge >= 0.3 is 0 Å². The number of aryl methyl sites for hydroxylation is 2. The average molecular weight is 355 g/mol. The molecule has 0 aliphatic heterocycles. The van der Waals surface area contributed by atoms with Crippen LogP contribution >= 0.6 is 0 Å². The first-order chi connectivity index (χ1) is 12.8. The number of imidazole rings is 1. The quantitative estimate of drug-likeness (QED) is 0.356. The second-order valence-corrected chi connectivity index (χ2v) is 7.80. The zero-order valence-corrected chi connectivity index (χ0v) is 17.0. The summed E-state index contributed by atoms with van der Waals surface area (Å²) in [6.07, 6.45) is 19.5. The summed E-state index contributed by atoms with van der Waals surface area (Å²) in [6.45, 7) is 4.65. The maximum Gasteiger partial charge on any atom is 0.105 e. The van der Waals surface area contributed by atoms with E-state index in [9.17, 15) is 0 Å². The van der Waals surface area contributed by atoms with E-state index < -0.39 is 0 Å². The zero-order valence-electron chi connectivity index (χ0n) is 17.0. The average Bonchev–Trinajstić information content (AvgIpc) is 3.18. The van der Waals surface area contributed by atoms with Crippen LogP contribution in [0, 0.1) is 0 Å². The molecule has 2 nitrogen and oxygen atoms in total. The summed E-state index contributed by atoms with van der Waals surface area (Å²) >= 11 is 0. The number of nitrogens with zero attached hydrogens (tertiary/aromatic N) is 1. The molecule has 0 radical (unpaired) electrons. The van der Waals surface area contributed by atoms with Gasteiger partial charge in [0.05, 0.1) is 0 Å². The third-order valence-corrected chi connectivity index (χ3v) is 5.47. The fraction of sp³-hybridized carbons (Fsp3) is 0.625. The van der Waals surface area contributed by atoms with Gasteiger partial charge in [-0.15, -0.1) is 0 Å². The van der Waals surface area contributed by atoms with Crippen LogP contribution in [0.15, 0.2) is 36.7 Å². The minimum absolute atomic E-state index is 0.668. The Morgan fingerprint density at radius 2 is 1.54 bits per heavy atom. The number of aromatic amines is 1. The Hall–Kier alpha value is -1.57. The Kier molecular flexibility index (Phi) is 10.2. The Balaban J connectivity index is 1.57. The van der Waals surface area contributed by atoms with Crippen molar-refractivity contribution in [2.75, 3.05) is 0 Å². The molecule has 0 amide bonds. The predicted octanol–water partition coefficient (Wildman–Crippen LogP) is 7.22. The highest BCUT2D eigenvalue weighted by Gasteiger charge is 2.06. The van der Waals surface area contributed by atoms with Gasteiger partial charge in [0.1, 0.15) is 5.82 Å². The predicted molar refractivity (Wildman–Crippen MR) is 113 cm³/mol. The minimum Gasteiger partial charge on any atom is -0.349 e. The van der Waals surface area contributed by atoms with Crippen molar-refractivity contribution in [3.05, 3.63) is 53.6 Å². The Bertz CT molecular complexity index is 556. The van der Waals surface area contributed by atoms with Crippen molar-refractivity contribution in [1.82, 2.24) is 9.97 Å². The fourth-order valence-corrected chi connectivity index (χ4v) is 3.64. The van der Waals surface area contributed by atoms with Crippen molar-refractivity contribution < 1.29 is 0 Å². The molecule has 144 valence electrons. The summed E-state index contributed by atoms with van der Waals surface area (Å²) in [7, 11) is 0. The Labute approximate surface area is 160 Å². The van der Waals surface area contributed by atoms with E-state index in [2.05, 4.69) is 48.1 Å². The van der Waals surface area contributed by atoms with E-state index >= 15 is 0 Å². The molecule has 2 aromatic rings. The Morgan fingerprint density at radius 1 is 0.846 bits per heavy atom. The molecule has 0 spiro atoms. The lowest BCUT2D eigenvalue weighted by Gasteiger charge is -2.12. The van der Waals surface area contributed by atoms with Crippen LogP contribution in [0.25, 0.3) is 0 Å². The molecule has 2 heteroatoms. The number of unbranched alkanes of at least 4 members (excludes halogenated alkanes) is 7. The zero-order chi connectivity index (χ0) is 18.5. The van der Waals surface area contributed by atoms with E-state index in [0.29, 0.717) is 5.92 Å². The number of H-pyrrole nitrogens is 1. The maximum absolute atomic E-state index is 4.29. The van der Waals surface area contributed by atoms with Crippen LogP contribution in [0.5, 0.6) is 0 Å². The summed E-state index contributed by atoms with van der Waals surface area (Å²) in [5.74, 6) is 1.79. The van der Waals surface area contributed by atoms with Crippen LogP contribution < -0.4 is 0 Å². The largest absolute Gasteiger partial charge is 0.349 e. The standard InChI is InChI=1S/C24H38N2/c1-3-4-5-6-7-10-13-22-15-17-23(18-16-22)21(2)12-9-8-11-14-24-25-19-20-26-24/h15-21H,3-14H2,1-2H3,(H,25,26). The summed E-state index contributed by atoms with van der Waals surface area (Å²) in [5, 5.41) is 0. The maximum atomic E-state index is 4.29. The molecule has 0 fully saturated rings. The molecule has 0 saturated heterocycles. The highest BCUT2D eigenvalue weighted by Crippen LogP contribution is 2.23. The number of aromatic nitrogens is 2. The van der Waals surface area contributed by atoms with Crippen molar-refractivity contribution in [3.8, 4) is 0 Å². The minimum atomic E-state index is 0.668. The number of hydrogen-bond acceptors (Lipinski definition) is 1. The molecule has 0 bridgehead atoms. The summed E-state index contributed by atoms with van der Waals surface area (Å²) in [4.78, 5) is 7.47. The molecule has 1 unspecified atom stereocenters. The first-order valence-corrected chi connectivity index (χ1v) is 10.9. The van der Waals surface area contributed by atoms with Crippen LogP contribution in [-0.4, -0.2) is 9.97 Å². The normalized spacial score (nSPS) is 12.4. The van der Waals surface area contributed by atoms with Gasteiger partial charge in [0.15, 0.2) is 0 Å². The summed E-state index contributed by atoms with van der Waals surface area (Å²) in [5.41, 5.74) is 3.01. The number of benzene rings is 1. The summed E-state index contributed by atoms with van der Waals surface area (Å²) in [6, 6.07) is 9.43. The molecular weight excluding hydrogens is 316 g/mol. The van der Waals surface area contributed by atoms with Crippen molar-refractivity contribution in [3.63, 3.8) is 0 Å².